The van der Waals surface area contributed by atoms with Gasteiger partial charge in [0.25, 0.3) is 0 Å². The van der Waals surface area contributed by atoms with E-state index in [2.05, 4.69) is 9.88 Å². The maximum Gasteiger partial charge on any atom is 0.410 e. The fourth-order valence-electron chi connectivity index (χ4n) is 6.86. The van der Waals surface area contributed by atoms with Crippen molar-refractivity contribution < 1.29 is 27.8 Å². The lowest BCUT2D eigenvalue weighted by atomic mass is 9.93. The van der Waals surface area contributed by atoms with Gasteiger partial charge in [0, 0.05) is 48.4 Å². The molecule has 2 saturated heterocycles. The van der Waals surface area contributed by atoms with Gasteiger partial charge in [0.05, 0.1) is 12.1 Å². The van der Waals surface area contributed by atoms with Crippen LogP contribution in [0.15, 0.2) is 30.5 Å². The number of hydrogen-bond donors (Lipinski definition) is 0. The lowest BCUT2D eigenvalue weighted by molar-refractivity contribution is 0.0123. The van der Waals surface area contributed by atoms with Crippen LogP contribution in [-0.4, -0.2) is 65.6 Å². The average molecular weight is 619 g/mol. The van der Waals surface area contributed by atoms with Crippen molar-refractivity contribution in [3.63, 3.8) is 0 Å². The number of aromatic nitrogens is 2. The molecule has 4 heterocycles. The van der Waals surface area contributed by atoms with Gasteiger partial charge in [-0.3, -0.25) is 9.88 Å². The van der Waals surface area contributed by atoms with Gasteiger partial charge >= 0.3 is 6.09 Å². The molecule has 2 fully saturated rings. The summed E-state index contributed by atoms with van der Waals surface area (Å²) in [7, 11) is 1.52. The largest absolute Gasteiger partial charge is 0.468 e. The second-order valence-corrected chi connectivity index (χ2v) is 13.0. The number of piperazine rings is 1. The number of halogens is 2. The van der Waals surface area contributed by atoms with Gasteiger partial charge in [-0.25, -0.2) is 18.6 Å². The Hall–Kier alpha value is -4.05. The summed E-state index contributed by atoms with van der Waals surface area (Å²) in [6.07, 6.45) is 3.53. The molecule has 10 heteroatoms. The molecule has 2 bridgehead atoms. The Labute approximate surface area is 262 Å². The minimum atomic E-state index is -0.579. The van der Waals surface area contributed by atoms with Crippen LogP contribution in [0.4, 0.5) is 19.4 Å². The molecule has 0 N–H and O–H groups in total. The molecule has 0 spiro atoms. The second-order valence-electron chi connectivity index (χ2n) is 13.0. The third-order valence-corrected chi connectivity index (χ3v) is 8.93. The molecule has 2 atom stereocenters. The molecule has 2 aliphatic heterocycles. The van der Waals surface area contributed by atoms with Crippen molar-refractivity contribution in [1.82, 2.24) is 14.9 Å². The number of rotatable bonds is 6. The van der Waals surface area contributed by atoms with Crippen molar-refractivity contribution in [1.29, 1.82) is 0 Å². The molecule has 4 aromatic rings. The molecule has 2 unspecified atom stereocenters. The minimum Gasteiger partial charge on any atom is -0.468 e. The van der Waals surface area contributed by atoms with Gasteiger partial charge < -0.3 is 19.1 Å². The van der Waals surface area contributed by atoms with E-state index in [-0.39, 0.29) is 36.5 Å². The fourth-order valence-corrected chi connectivity index (χ4v) is 6.86. The standard InChI is InChI=1S/C35H40F2N4O4/c1-8-25-28(36)12-9-21-13-24(44-18-43-7)14-26(30(21)25)32-31(37)29-19(2)20(3)39-33(27(29)15-38-32)40-16-22-10-11-23(17-40)41(22)34(42)45-35(4,5)6/h9,12-15,22-23H,8,10-11,16-18H2,1-7H3. The molecule has 2 aromatic carbocycles. The number of nitrogens with zero attached hydrogens (tertiary/aromatic N) is 4. The summed E-state index contributed by atoms with van der Waals surface area (Å²) in [6.45, 7) is 12.4. The zero-order valence-corrected chi connectivity index (χ0v) is 27.0. The first-order chi connectivity index (χ1) is 21.4. The van der Waals surface area contributed by atoms with Gasteiger partial charge in [0.2, 0.25) is 0 Å². The number of methoxy groups -OCH3 is 1. The SMILES string of the molecule is CCc1c(F)ccc2cc(OCOC)cc(-c3ncc4c(N5CC6CCC(C5)N6C(=O)OC(C)(C)C)nc(C)c(C)c4c3F)c12. The summed E-state index contributed by atoms with van der Waals surface area (Å²) >= 11 is 0. The lowest BCUT2D eigenvalue weighted by Crippen LogP contribution is -2.57. The van der Waals surface area contributed by atoms with Crippen molar-refractivity contribution in [2.75, 3.05) is 31.9 Å². The Bertz CT molecular complexity index is 1790. The number of anilines is 1. The van der Waals surface area contributed by atoms with E-state index in [0.29, 0.717) is 69.6 Å². The van der Waals surface area contributed by atoms with Crippen molar-refractivity contribution >= 4 is 33.5 Å². The first-order valence-electron chi connectivity index (χ1n) is 15.5. The number of fused-ring (bicyclic) bond motifs is 4. The van der Waals surface area contributed by atoms with E-state index in [1.54, 1.807) is 24.4 Å². The van der Waals surface area contributed by atoms with E-state index in [1.807, 2.05) is 46.4 Å². The summed E-state index contributed by atoms with van der Waals surface area (Å²) in [6, 6.07) is 6.55. The summed E-state index contributed by atoms with van der Waals surface area (Å²) in [5.74, 6) is 0.269. The molecule has 1 amide bonds. The van der Waals surface area contributed by atoms with Crippen LogP contribution in [0.2, 0.25) is 0 Å². The number of hydrogen-bond acceptors (Lipinski definition) is 7. The summed E-state index contributed by atoms with van der Waals surface area (Å²) < 4.78 is 48.6. The number of carbonyl (C=O) groups is 1. The molecule has 2 aliphatic rings. The van der Waals surface area contributed by atoms with Crippen LogP contribution in [0.5, 0.6) is 5.75 Å². The first-order valence-corrected chi connectivity index (χ1v) is 15.5. The second kappa shape index (κ2) is 11.7. The quantitative estimate of drug-likeness (QED) is 0.207. The molecule has 238 valence electrons. The van der Waals surface area contributed by atoms with Gasteiger partial charge in [0.1, 0.15) is 28.7 Å². The molecule has 2 aromatic heterocycles. The highest BCUT2D eigenvalue weighted by molar-refractivity contribution is 6.03. The van der Waals surface area contributed by atoms with Crippen molar-refractivity contribution in [2.45, 2.75) is 78.5 Å². The first kappa shape index (κ1) is 31.0. The highest BCUT2D eigenvalue weighted by atomic mass is 19.1. The monoisotopic (exact) mass is 618 g/mol. The van der Waals surface area contributed by atoms with Crippen LogP contribution in [0.3, 0.4) is 0 Å². The van der Waals surface area contributed by atoms with E-state index in [0.717, 1.165) is 18.2 Å². The Morgan fingerprint density at radius 2 is 1.78 bits per heavy atom. The van der Waals surface area contributed by atoms with Gasteiger partial charge in [-0.2, -0.15) is 0 Å². The molecular weight excluding hydrogens is 578 g/mol. The average Bonchev–Trinajstić information content (AvgIpc) is 3.26. The third kappa shape index (κ3) is 5.54. The molecular formula is C35H40F2N4O4. The lowest BCUT2D eigenvalue weighted by Gasteiger charge is -2.42. The predicted octanol–water partition coefficient (Wildman–Crippen LogP) is 7.48. The maximum atomic E-state index is 16.9. The van der Waals surface area contributed by atoms with Crippen LogP contribution >= 0.6 is 0 Å². The number of ether oxygens (including phenoxy) is 3. The van der Waals surface area contributed by atoms with Crippen LogP contribution in [0, 0.1) is 25.5 Å². The minimum absolute atomic E-state index is 0.0108. The topological polar surface area (TPSA) is 77.0 Å². The van der Waals surface area contributed by atoms with Crippen LogP contribution in [0.25, 0.3) is 32.8 Å². The molecule has 0 radical (unpaired) electrons. The Balaban J connectivity index is 1.47. The van der Waals surface area contributed by atoms with E-state index < -0.39 is 11.4 Å². The molecule has 8 nitrogen and oxygen atoms in total. The van der Waals surface area contributed by atoms with Crippen LogP contribution in [0.1, 0.15) is 57.4 Å². The number of carbonyl (C=O) groups excluding carboxylic acids is 1. The summed E-state index contributed by atoms with van der Waals surface area (Å²) in [5, 5.41) is 2.35. The van der Waals surface area contributed by atoms with Gasteiger partial charge in [-0.1, -0.05) is 13.0 Å². The molecule has 45 heavy (non-hydrogen) atoms. The summed E-state index contributed by atoms with van der Waals surface area (Å²) in [5.41, 5.74) is 1.90. The highest BCUT2D eigenvalue weighted by Crippen LogP contribution is 2.42. The van der Waals surface area contributed by atoms with Crippen LogP contribution < -0.4 is 9.64 Å². The normalized spacial score (nSPS) is 18.2. The van der Waals surface area contributed by atoms with E-state index in [4.69, 9.17) is 19.2 Å². The fraction of sp³-hybridized carbons (Fsp3) is 0.457. The van der Waals surface area contributed by atoms with Gasteiger partial charge in [0.15, 0.2) is 12.6 Å². The van der Waals surface area contributed by atoms with Gasteiger partial charge in [-0.05, 0) is 94.0 Å². The summed E-state index contributed by atoms with van der Waals surface area (Å²) in [4.78, 5) is 26.7. The highest BCUT2D eigenvalue weighted by Gasteiger charge is 2.45. The zero-order valence-electron chi connectivity index (χ0n) is 27.0. The Morgan fingerprint density at radius 1 is 1.07 bits per heavy atom. The van der Waals surface area contributed by atoms with E-state index in [9.17, 15) is 4.79 Å². The van der Waals surface area contributed by atoms with Crippen LogP contribution in [-0.2, 0) is 15.9 Å². The number of pyridine rings is 2. The molecule has 6 rings (SSSR count). The van der Waals surface area contributed by atoms with Crippen molar-refractivity contribution in [3.8, 4) is 17.0 Å². The maximum absolute atomic E-state index is 16.9. The Kier molecular flexibility index (Phi) is 8.05. The smallest absolute Gasteiger partial charge is 0.410 e. The third-order valence-electron chi connectivity index (χ3n) is 8.93. The number of amides is 1. The number of benzene rings is 2. The van der Waals surface area contributed by atoms with Crippen molar-refractivity contribution in [2.24, 2.45) is 0 Å². The van der Waals surface area contributed by atoms with E-state index in [1.165, 1.54) is 13.2 Å². The predicted molar refractivity (Wildman–Crippen MR) is 171 cm³/mol. The zero-order chi connectivity index (χ0) is 32.2. The van der Waals surface area contributed by atoms with Gasteiger partial charge in [-0.15, -0.1) is 0 Å². The van der Waals surface area contributed by atoms with Crippen molar-refractivity contribution in [3.05, 3.63) is 58.9 Å². The molecule has 0 saturated carbocycles. The Morgan fingerprint density at radius 3 is 2.42 bits per heavy atom. The van der Waals surface area contributed by atoms with E-state index >= 15 is 8.78 Å². The number of aryl methyl sites for hydroxylation is 3. The molecule has 0 aliphatic carbocycles.